The second kappa shape index (κ2) is 8.05. The number of amides is 2. The number of hydrogen-bond acceptors (Lipinski definition) is 4. The summed E-state index contributed by atoms with van der Waals surface area (Å²) < 4.78 is 5.20. The number of nitrogens with one attached hydrogen (secondary N) is 1. The van der Waals surface area contributed by atoms with Gasteiger partial charge in [0.2, 0.25) is 11.8 Å². The van der Waals surface area contributed by atoms with Crippen LogP contribution in [0.4, 0.5) is 0 Å². The molecule has 0 atom stereocenters. The molecule has 1 N–H and O–H groups in total. The molecular weight excluding hydrogens is 288 g/mol. The number of thiol groups is 1. The summed E-state index contributed by atoms with van der Waals surface area (Å²) in [7, 11) is 0. The molecule has 1 fully saturated rings. The fraction of sp³-hybridized carbons (Fsp3) is 0.467. The zero-order valence-electron chi connectivity index (χ0n) is 11.9. The molecule has 21 heavy (non-hydrogen) atoms. The molecule has 0 saturated carbocycles. The van der Waals surface area contributed by atoms with Crippen molar-refractivity contribution < 1.29 is 14.3 Å². The van der Waals surface area contributed by atoms with Gasteiger partial charge in [0.25, 0.3) is 0 Å². The molecule has 5 nitrogen and oxygen atoms in total. The van der Waals surface area contributed by atoms with Crippen LogP contribution in [0.15, 0.2) is 29.2 Å². The average Bonchev–Trinajstić information content (AvgIpc) is 2.50. The van der Waals surface area contributed by atoms with E-state index in [-0.39, 0.29) is 11.8 Å². The van der Waals surface area contributed by atoms with Gasteiger partial charge >= 0.3 is 0 Å². The molecule has 1 saturated heterocycles. The summed E-state index contributed by atoms with van der Waals surface area (Å²) in [6, 6.07) is 7.46. The van der Waals surface area contributed by atoms with Gasteiger partial charge < -0.3 is 15.0 Å². The van der Waals surface area contributed by atoms with Crippen LogP contribution >= 0.6 is 12.6 Å². The molecule has 1 aliphatic heterocycles. The van der Waals surface area contributed by atoms with Crippen molar-refractivity contribution in [2.24, 2.45) is 0 Å². The molecule has 1 aromatic rings. The van der Waals surface area contributed by atoms with Crippen molar-refractivity contribution in [3.05, 3.63) is 29.8 Å². The highest BCUT2D eigenvalue weighted by atomic mass is 32.1. The van der Waals surface area contributed by atoms with E-state index in [1.165, 1.54) is 0 Å². The third-order valence-corrected chi connectivity index (χ3v) is 3.62. The first-order valence-corrected chi connectivity index (χ1v) is 7.50. The summed E-state index contributed by atoms with van der Waals surface area (Å²) in [5.74, 6) is -0.00489. The van der Waals surface area contributed by atoms with Crippen molar-refractivity contribution in [2.45, 2.75) is 17.7 Å². The van der Waals surface area contributed by atoms with Crippen LogP contribution in [-0.2, 0) is 20.7 Å². The molecule has 0 unspecified atom stereocenters. The van der Waals surface area contributed by atoms with Crippen LogP contribution in [-0.4, -0.2) is 49.6 Å². The molecule has 1 heterocycles. The molecule has 0 aromatic heterocycles. The van der Waals surface area contributed by atoms with E-state index in [0.29, 0.717) is 45.7 Å². The van der Waals surface area contributed by atoms with Crippen molar-refractivity contribution in [1.82, 2.24) is 10.2 Å². The summed E-state index contributed by atoms with van der Waals surface area (Å²) in [5.41, 5.74) is 0.935. The number of hydrogen-bond donors (Lipinski definition) is 2. The highest BCUT2D eigenvalue weighted by molar-refractivity contribution is 7.80. The lowest BCUT2D eigenvalue weighted by atomic mass is 10.1. The molecule has 0 spiro atoms. The maximum Gasteiger partial charge on any atom is 0.224 e. The number of rotatable bonds is 5. The lowest BCUT2D eigenvalue weighted by Gasteiger charge is -2.26. The van der Waals surface area contributed by atoms with Gasteiger partial charge in [0.05, 0.1) is 19.6 Å². The smallest absolute Gasteiger partial charge is 0.224 e. The van der Waals surface area contributed by atoms with Gasteiger partial charge in [0, 0.05) is 31.0 Å². The number of carbonyl (C=O) groups is 2. The first-order valence-electron chi connectivity index (χ1n) is 7.05. The van der Waals surface area contributed by atoms with Crippen LogP contribution in [0.1, 0.15) is 12.0 Å². The van der Waals surface area contributed by atoms with Crippen LogP contribution in [0.25, 0.3) is 0 Å². The van der Waals surface area contributed by atoms with Crippen molar-refractivity contribution in [3.63, 3.8) is 0 Å². The van der Waals surface area contributed by atoms with E-state index in [1.54, 1.807) is 4.90 Å². The Balaban J connectivity index is 1.66. The maximum absolute atomic E-state index is 11.9. The largest absolute Gasteiger partial charge is 0.378 e. The van der Waals surface area contributed by atoms with E-state index in [1.807, 2.05) is 24.3 Å². The molecule has 0 aliphatic carbocycles. The lowest BCUT2D eigenvalue weighted by molar-refractivity contribution is -0.135. The molecule has 6 heteroatoms. The molecule has 2 rings (SSSR count). The first kappa shape index (κ1) is 15.9. The lowest BCUT2D eigenvalue weighted by Crippen LogP contribution is -2.42. The summed E-state index contributed by atoms with van der Waals surface area (Å²) in [6.45, 7) is 2.85. The number of benzene rings is 1. The molecule has 0 radical (unpaired) electrons. The zero-order chi connectivity index (χ0) is 15.1. The zero-order valence-corrected chi connectivity index (χ0v) is 12.8. The Morgan fingerprint density at radius 1 is 1.19 bits per heavy atom. The van der Waals surface area contributed by atoms with Gasteiger partial charge in [-0.2, -0.15) is 0 Å². The summed E-state index contributed by atoms with van der Waals surface area (Å²) in [6.07, 6.45) is 0.654. The minimum absolute atomic E-state index is 0.0676. The van der Waals surface area contributed by atoms with E-state index in [9.17, 15) is 9.59 Å². The molecule has 2 amide bonds. The summed E-state index contributed by atoms with van der Waals surface area (Å²) in [5, 5.41) is 2.78. The van der Waals surface area contributed by atoms with Crippen molar-refractivity contribution in [2.75, 3.05) is 32.8 Å². The van der Waals surface area contributed by atoms with Crippen LogP contribution in [0.2, 0.25) is 0 Å². The molecule has 1 aromatic carbocycles. The van der Waals surface area contributed by atoms with Crippen molar-refractivity contribution in [1.29, 1.82) is 0 Å². The molecule has 0 bridgehead atoms. The Bertz CT molecular complexity index is 484. The SMILES string of the molecule is O=C(Cc1ccc(S)cc1)NCCC(=O)N1CCOCC1. The van der Waals surface area contributed by atoms with Crippen LogP contribution in [0.5, 0.6) is 0 Å². The van der Waals surface area contributed by atoms with Gasteiger partial charge in [-0.25, -0.2) is 0 Å². The predicted molar refractivity (Wildman–Crippen MR) is 82.4 cm³/mol. The Morgan fingerprint density at radius 2 is 1.86 bits per heavy atom. The first-order chi connectivity index (χ1) is 10.1. The van der Waals surface area contributed by atoms with E-state index in [4.69, 9.17) is 4.74 Å². The summed E-state index contributed by atoms with van der Waals surface area (Å²) in [4.78, 5) is 26.3. The Labute approximate surface area is 130 Å². The molecule has 114 valence electrons. The Morgan fingerprint density at radius 3 is 2.52 bits per heavy atom. The quantitative estimate of drug-likeness (QED) is 0.794. The van der Waals surface area contributed by atoms with Gasteiger partial charge in [-0.3, -0.25) is 9.59 Å². The van der Waals surface area contributed by atoms with Gasteiger partial charge in [-0.1, -0.05) is 12.1 Å². The normalized spacial score (nSPS) is 14.8. The van der Waals surface area contributed by atoms with Crippen molar-refractivity contribution in [3.8, 4) is 0 Å². The van der Waals surface area contributed by atoms with E-state index < -0.39 is 0 Å². The third kappa shape index (κ3) is 5.40. The fourth-order valence-corrected chi connectivity index (χ4v) is 2.29. The minimum Gasteiger partial charge on any atom is -0.378 e. The highest BCUT2D eigenvalue weighted by Gasteiger charge is 2.16. The topological polar surface area (TPSA) is 58.6 Å². The molecular formula is C15H20N2O3S. The van der Waals surface area contributed by atoms with Crippen LogP contribution in [0, 0.1) is 0 Å². The minimum atomic E-state index is -0.0725. The van der Waals surface area contributed by atoms with E-state index >= 15 is 0 Å². The van der Waals surface area contributed by atoms with E-state index in [2.05, 4.69) is 17.9 Å². The standard InChI is InChI=1S/C15H20N2O3S/c18-14(11-12-1-3-13(21)4-2-12)16-6-5-15(19)17-7-9-20-10-8-17/h1-4,21H,5-11H2,(H,16,18). The van der Waals surface area contributed by atoms with Crippen LogP contribution < -0.4 is 5.32 Å². The monoisotopic (exact) mass is 308 g/mol. The number of nitrogens with zero attached hydrogens (tertiary/aromatic N) is 1. The van der Waals surface area contributed by atoms with Gasteiger partial charge in [-0.15, -0.1) is 12.6 Å². The number of morpholine rings is 1. The maximum atomic E-state index is 11.9. The van der Waals surface area contributed by atoms with Gasteiger partial charge in [0.15, 0.2) is 0 Å². The number of ether oxygens (including phenoxy) is 1. The Hall–Kier alpha value is -1.53. The van der Waals surface area contributed by atoms with Crippen molar-refractivity contribution >= 4 is 24.4 Å². The second-order valence-electron chi connectivity index (χ2n) is 4.94. The van der Waals surface area contributed by atoms with E-state index in [0.717, 1.165) is 10.5 Å². The van der Waals surface area contributed by atoms with Gasteiger partial charge in [0.1, 0.15) is 0 Å². The number of carbonyl (C=O) groups excluding carboxylic acids is 2. The molecule has 1 aliphatic rings. The van der Waals surface area contributed by atoms with Gasteiger partial charge in [-0.05, 0) is 17.7 Å². The Kier molecular flexibility index (Phi) is 6.07. The summed E-state index contributed by atoms with van der Waals surface area (Å²) >= 11 is 4.20. The third-order valence-electron chi connectivity index (χ3n) is 3.33. The average molecular weight is 308 g/mol. The highest BCUT2D eigenvalue weighted by Crippen LogP contribution is 2.08. The predicted octanol–water partition coefficient (Wildman–Crippen LogP) is 0.883. The fourth-order valence-electron chi connectivity index (χ4n) is 2.14. The second-order valence-corrected chi connectivity index (χ2v) is 5.45. The van der Waals surface area contributed by atoms with Crippen LogP contribution in [0.3, 0.4) is 0 Å².